The van der Waals surface area contributed by atoms with Crippen LogP contribution in [0.5, 0.6) is 0 Å². The summed E-state index contributed by atoms with van der Waals surface area (Å²) in [6, 6.07) is 17.1. The van der Waals surface area contributed by atoms with Crippen LogP contribution < -0.4 is 0 Å². The second-order valence-corrected chi connectivity index (χ2v) is 9.86. The van der Waals surface area contributed by atoms with Gasteiger partial charge in [0.15, 0.2) is 9.84 Å². The molecule has 0 spiro atoms. The van der Waals surface area contributed by atoms with E-state index in [0.717, 1.165) is 15.6 Å². The monoisotopic (exact) mass is 385 g/mol. The van der Waals surface area contributed by atoms with Gasteiger partial charge in [-0.05, 0) is 34.7 Å². The number of carbonyl (C=O) groups excluding carboxylic acids is 1. The number of carbonyl (C=O) groups is 1. The Morgan fingerprint density at radius 3 is 2.62 bits per heavy atom. The molecule has 0 radical (unpaired) electrons. The van der Waals surface area contributed by atoms with Gasteiger partial charge in [-0.15, -0.1) is 11.3 Å². The molecule has 4 nitrogen and oxygen atoms in total. The summed E-state index contributed by atoms with van der Waals surface area (Å²) in [6.07, 6.45) is 0.504. The third-order valence-electron chi connectivity index (χ3n) is 4.84. The first-order chi connectivity index (χ1) is 12.5. The van der Waals surface area contributed by atoms with E-state index >= 15 is 0 Å². The molecule has 0 N–H and O–H groups in total. The van der Waals surface area contributed by atoms with Crippen molar-refractivity contribution < 1.29 is 13.2 Å². The molecule has 26 heavy (non-hydrogen) atoms. The molecule has 1 aliphatic rings. The predicted octanol–water partition coefficient (Wildman–Crippen LogP) is 3.73. The van der Waals surface area contributed by atoms with Crippen LogP contribution in [-0.2, 0) is 16.4 Å². The van der Waals surface area contributed by atoms with E-state index in [0.29, 0.717) is 18.5 Å². The van der Waals surface area contributed by atoms with Crippen LogP contribution in [0.1, 0.15) is 21.7 Å². The summed E-state index contributed by atoms with van der Waals surface area (Å²) in [7, 11) is -3.07. The maximum Gasteiger partial charge on any atom is 0.255 e. The third kappa shape index (κ3) is 3.39. The van der Waals surface area contributed by atoms with E-state index in [1.54, 1.807) is 16.2 Å². The first-order valence-electron chi connectivity index (χ1n) is 8.55. The minimum absolute atomic E-state index is 0.0505. The maximum atomic E-state index is 13.4. The number of hydrogen-bond acceptors (Lipinski definition) is 4. The van der Waals surface area contributed by atoms with E-state index in [9.17, 15) is 13.2 Å². The standard InChI is InChI=1S/C20H19NO3S2/c22-20(19-9-3-6-15-5-1-2-8-18(15)19)21(13-17-7-4-11-25-17)16-10-12-26(23,24)14-16/h1-9,11,16H,10,12-14H2. The Kier molecular flexibility index (Phi) is 4.54. The topological polar surface area (TPSA) is 54.5 Å². The van der Waals surface area contributed by atoms with Gasteiger partial charge in [-0.25, -0.2) is 8.42 Å². The Labute approximate surface area is 157 Å². The van der Waals surface area contributed by atoms with E-state index in [1.807, 2.05) is 60.0 Å². The lowest BCUT2D eigenvalue weighted by Gasteiger charge is -2.28. The molecule has 1 aromatic heterocycles. The Morgan fingerprint density at radius 2 is 1.88 bits per heavy atom. The lowest BCUT2D eigenvalue weighted by molar-refractivity contribution is 0.0685. The molecule has 6 heteroatoms. The highest BCUT2D eigenvalue weighted by Gasteiger charge is 2.35. The van der Waals surface area contributed by atoms with Gasteiger partial charge in [-0.2, -0.15) is 0 Å². The van der Waals surface area contributed by atoms with Crippen molar-refractivity contribution in [2.45, 2.75) is 19.0 Å². The summed E-state index contributed by atoms with van der Waals surface area (Å²) in [5.74, 6) is 0.105. The SMILES string of the molecule is O=C(c1cccc2ccccc12)N(Cc1cccs1)C1CCS(=O)(=O)C1. The van der Waals surface area contributed by atoms with Crippen LogP contribution in [0, 0.1) is 0 Å². The normalized spacial score (nSPS) is 18.8. The zero-order valence-electron chi connectivity index (χ0n) is 14.2. The molecule has 1 unspecified atom stereocenters. The average Bonchev–Trinajstić information content (AvgIpc) is 3.27. The lowest BCUT2D eigenvalue weighted by atomic mass is 10.0. The fourth-order valence-electron chi connectivity index (χ4n) is 3.52. The van der Waals surface area contributed by atoms with Gasteiger partial charge in [0.1, 0.15) is 0 Å². The highest BCUT2D eigenvalue weighted by atomic mass is 32.2. The van der Waals surface area contributed by atoms with Gasteiger partial charge in [-0.1, -0.05) is 42.5 Å². The summed E-state index contributed by atoms with van der Waals surface area (Å²) in [6.45, 7) is 0.444. The van der Waals surface area contributed by atoms with Crippen LogP contribution >= 0.6 is 11.3 Å². The summed E-state index contributed by atoms with van der Waals surface area (Å²) in [5, 5.41) is 3.88. The van der Waals surface area contributed by atoms with Gasteiger partial charge >= 0.3 is 0 Å². The molecule has 1 fully saturated rings. The fraction of sp³-hybridized carbons (Fsp3) is 0.250. The minimum Gasteiger partial charge on any atom is -0.329 e. The van der Waals surface area contributed by atoms with Gasteiger partial charge < -0.3 is 4.90 Å². The number of nitrogens with zero attached hydrogens (tertiary/aromatic N) is 1. The summed E-state index contributed by atoms with van der Waals surface area (Å²) >= 11 is 1.58. The van der Waals surface area contributed by atoms with E-state index in [1.165, 1.54) is 0 Å². The molecule has 0 bridgehead atoms. The van der Waals surface area contributed by atoms with E-state index in [-0.39, 0.29) is 23.5 Å². The van der Waals surface area contributed by atoms with Crippen molar-refractivity contribution in [2.24, 2.45) is 0 Å². The summed E-state index contributed by atoms with van der Waals surface area (Å²) in [4.78, 5) is 16.2. The molecule has 1 aliphatic heterocycles. The first-order valence-corrected chi connectivity index (χ1v) is 11.3. The van der Waals surface area contributed by atoms with Gasteiger partial charge in [-0.3, -0.25) is 4.79 Å². The summed E-state index contributed by atoms with van der Waals surface area (Å²) < 4.78 is 24.0. The number of thiophene rings is 1. The van der Waals surface area contributed by atoms with Gasteiger partial charge in [0.25, 0.3) is 5.91 Å². The Bertz CT molecular complexity index is 1040. The first kappa shape index (κ1) is 17.2. The minimum atomic E-state index is -3.07. The highest BCUT2D eigenvalue weighted by Crippen LogP contribution is 2.26. The molecule has 1 saturated heterocycles. The fourth-order valence-corrected chi connectivity index (χ4v) is 5.96. The van der Waals surface area contributed by atoms with Crippen molar-refractivity contribution in [2.75, 3.05) is 11.5 Å². The van der Waals surface area contributed by atoms with Gasteiger partial charge in [0.2, 0.25) is 0 Å². The van der Waals surface area contributed by atoms with Crippen molar-refractivity contribution in [1.29, 1.82) is 0 Å². The number of amides is 1. The number of fused-ring (bicyclic) bond motifs is 1. The molecule has 3 aromatic rings. The molecule has 2 heterocycles. The Hall–Kier alpha value is -2.18. The molecule has 0 saturated carbocycles. The quantitative estimate of drug-likeness (QED) is 0.688. The van der Waals surface area contributed by atoms with Crippen molar-refractivity contribution >= 4 is 37.9 Å². The van der Waals surface area contributed by atoms with Crippen molar-refractivity contribution in [3.8, 4) is 0 Å². The third-order valence-corrected chi connectivity index (χ3v) is 7.45. The van der Waals surface area contributed by atoms with Crippen molar-refractivity contribution in [3.63, 3.8) is 0 Å². The number of sulfone groups is 1. The van der Waals surface area contributed by atoms with Crippen LogP contribution in [0.2, 0.25) is 0 Å². The molecular formula is C20H19NO3S2. The van der Waals surface area contributed by atoms with Crippen LogP contribution in [0.4, 0.5) is 0 Å². The molecule has 2 aromatic carbocycles. The zero-order chi connectivity index (χ0) is 18.1. The smallest absolute Gasteiger partial charge is 0.255 e. The Balaban J connectivity index is 1.74. The summed E-state index contributed by atoms with van der Waals surface area (Å²) in [5.41, 5.74) is 0.629. The van der Waals surface area contributed by atoms with Crippen LogP contribution in [0.25, 0.3) is 10.8 Å². The number of benzene rings is 2. The van der Waals surface area contributed by atoms with Crippen LogP contribution in [0.3, 0.4) is 0 Å². The van der Waals surface area contributed by atoms with E-state index < -0.39 is 9.84 Å². The van der Waals surface area contributed by atoms with E-state index in [4.69, 9.17) is 0 Å². The molecule has 0 aliphatic carbocycles. The predicted molar refractivity (Wildman–Crippen MR) is 105 cm³/mol. The highest BCUT2D eigenvalue weighted by molar-refractivity contribution is 7.91. The second-order valence-electron chi connectivity index (χ2n) is 6.60. The molecular weight excluding hydrogens is 366 g/mol. The maximum absolute atomic E-state index is 13.4. The lowest BCUT2D eigenvalue weighted by Crippen LogP contribution is -2.40. The molecule has 1 atom stereocenters. The average molecular weight is 386 g/mol. The van der Waals surface area contributed by atoms with Gasteiger partial charge in [0.05, 0.1) is 18.1 Å². The zero-order valence-corrected chi connectivity index (χ0v) is 15.8. The van der Waals surface area contributed by atoms with Crippen molar-refractivity contribution in [1.82, 2.24) is 4.90 Å². The van der Waals surface area contributed by atoms with E-state index in [2.05, 4.69) is 0 Å². The number of rotatable bonds is 4. The van der Waals surface area contributed by atoms with Crippen LogP contribution in [-0.4, -0.2) is 36.8 Å². The molecule has 4 rings (SSSR count). The van der Waals surface area contributed by atoms with Gasteiger partial charge in [0, 0.05) is 16.5 Å². The van der Waals surface area contributed by atoms with Crippen LogP contribution in [0.15, 0.2) is 60.0 Å². The largest absolute Gasteiger partial charge is 0.329 e. The molecule has 1 amide bonds. The second kappa shape index (κ2) is 6.85. The number of hydrogen-bond donors (Lipinski definition) is 0. The van der Waals surface area contributed by atoms with Crippen molar-refractivity contribution in [3.05, 3.63) is 70.4 Å². The Morgan fingerprint density at radius 1 is 1.08 bits per heavy atom. The molecule has 134 valence electrons.